The highest BCUT2D eigenvalue weighted by molar-refractivity contribution is 7.89. The zero-order valence-corrected chi connectivity index (χ0v) is 15.6. The van der Waals surface area contributed by atoms with Crippen molar-refractivity contribution in [1.29, 1.82) is 0 Å². The van der Waals surface area contributed by atoms with Crippen molar-refractivity contribution in [2.45, 2.75) is 23.8 Å². The summed E-state index contributed by atoms with van der Waals surface area (Å²) in [7, 11) is -2.17. The highest BCUT2D eigenvalue weighted by atomic mass is 32.2. The predicted molar refractivity (Wildman–Crippen MR) is 96.2 cm³/mol. The first-order valence-corrected chi connectivity index (χ1v) is 10.2. The molecular formula is C17H24N4O4S. The number of hydrogen-bond acceptors (Lipinski definition) is 5. The van der Waals surface area contributed by atoms with E-state index in [4.69, 9.17) is 0 Å². The van der Waals surface area contributed by atoms with Gasteiger partial charge in [-0.1, -0.05) is 0 Å². The second-order valence-corrected chi connectivity index (χ2v) is 8.43. The molecular weight excluding hydrogens is 356 g/mol. The van der Waals surface area contributed by atoms with Crippen molar-refractivity contribution in [3.8, 4) is 0 Å². The lowest BCUT2D eigenvalue weighted by molar-refractivity contribution is -0.135. The molecule has 0 spiro atoms. The number of sulfonamides is 1. The summed E-state index contributed by atoms with van der Waals surface area (Å²) in [5.41, 5.74) is 0.451. The lowest BCUT2D eigenvalue weighted by Gasteiger charge is -2.41. The van der Waals surface area contributed by atoms with Crippen molar-refractivity contribution in [2.24, 2.45) is 0 Å². The second-order valence-electron chi connectivity index (χ2n) is 6.54. The Morgan fingerprint density at radius 3 is 2.62 bits per heavy atom. The zero-order valence-electron chi connectivity index (χ0n) is 14.8. The Morgan fingerprint density at radius 2 is 1.96 bits per heavy atom. The molecule has 9 heteroatoms. The maximum atomic E-state index is 12.8. The number of benzene rings is 1. The smallest absolute Gasteiger partial charge is 0.253 e. The molecule has 2 fully saturated rings. The van der Waals surface area contributed by atoms with E-state index in [1.165, 1.54) is 31.3 Å². The van der Waals surface area contributed by atoms with Crippen molar-refractivity contribution >= 4 is 21.8 Å². The number of likely N-dealkylation sites (tertiary alicyclic amines) is 1. The molecule has 2 heterocycles. The Kier molecular flexibility index (Phi) is 5.59. The van der Waals surface area contributed by atoms with Gasteiger partial charge < -0.3 is 15.1 Å². The Morgan fingerprint density at radius 1 is 1.23 bits per heavy atom. The van der Waals surface area contributed by atoms with Gasteiger partial charge in [0.25, 0.3) is 5.91 Å². The molecule has 1 aromatic rings. The third-order valence-electron chi connectivity index (χ3n) is 4.93. The van der Waals surface area contributed by atoms with Crippen LogP contribution < -0.4 is 10.0 Å². The maximum absolute atomic E-state index is 12.8. The summed E-state index contributed by atoms with van der Waals surface area (Å²) in [6.07, 6.45) is 1.74. The molecule has 3 rings (SSSR count). The van der Waals surface area contributed by atoms with E-state index in [2.05, 4.69) is 10.0 Å². The monoisotopic (exact) mass is 380 g/mol. The number of nitrogens with zero attached hydrogens (tertiary/aromatic N) is 2. The van der Waals surface area contributed by atoms with Crippen LogP contribution in [0.2, 0.25) is 0 Å². The van der Waals surface area contributed by atoms with E-state index < -0.39 is 10.0 Å². The maximum Gasteiger partial charge on any atom is 0.253 e. The van der Waals surface area contributed by atoms with Gasteiger partial charge in [0.05, 0.1) is 11.4 Å². The third-order valence-corrected chi connectivity index (χ3v) is 6.36. The predicted octanol–water partition coefficient (Wildman–Crippen LogP) is -0.369. The van der Waals surface area contributed by atoms with Gasteiger partial charge in [0, 0.05) is 37.8 Å². The molecule has 8 nitrogen and oxygen atoms in total. The molecule has 142 valence electrons. The number of rotatable bonds is 4. The molecule has 2 amide bonds. The van der Waals surface area contributed by atoms with Crippen molar-refractivity contribution in [2.75, 3.05) is 39.8 Å². The average molecular weight is 380 g/mol. The molecule has 0 radical (unpaired) electrons. The molecule has 1 aromatic carbocycles. The largest absolute Gasteiger partial charge is 0.337 e. The van der Waals surface area contributed by atoms with E-state index in [9.17, 15) is 18.0 Å². The topological polar surface area (TPSA) is 98.8 Å². The van der Waals surface area contributed by atoms with Crippen LogP contribution in [-0.4, -0.2) is 75.8 Å². The molecule has 2 aliphatic rings. The summed E-state index contributed by atoms with van der Waals surface area (Å²) in [5.74, 6) is -0.0529. The van der Waals surface area contributed by atoms with Gasteiger partial charge in [-0.15, -0.1) is 0 Å². The van der Waals surface area contributed by atoms with Crippen LogP contribution in [0.4, 0.5) is 0 Å². The molecule has 2 saturated heterocycles. The summed E-state index contributed by atoms with van der Waals surface area (Å²) in [5, 5.41) is 3.06. The van der Waals surface area contributed by atoms with E-state index in [1.807, 2.05) is 4.90 Å². The summed E-state index contributed by atoms with van der Waals surface area (Å²) in [6, 6.07) is 5.98. The number of nitrogens with one attached hydrogen (secondary N) is 2. The Bertz CT molecular complexity index is 778. The van der Waals surface area contributed by atoms with Crippen molar-refractivity contribution in [3.63, 3.8) is 0 Å². The van der Waals surface area contributed by atoms with Crippen molar-refractivity contribution in [3.05, 3.63) is 29.8 Å². The van der Waals surface area contributed by atoms with E-state index in [0.717, 1.165) is 19.4 Å². The second kappa shape index (κ2) is 7.73. The first-order chi connectivity index (χ1) is 12.4. The Balaban J connectivity index is 1.70. The fraction of sp³-hybridized carbons (Fsp3) is 0.529. The number of carbonyl (C=O) groups excluding carboxylic acids is 2. The van der Waals surface area contributed by atoms with Gasteiger partial charge in [-0.05, 0) is 44.2 Å². The third kappa shape index (κ3) is 3.89. The molecule has 1 unspecified atom stereocenters. The highest BCUT2D eigenvalue weighted by Gasteiger charge is 2.32. The van der Waals surface area contributed by atoms with Gasteiger partial charge in [0.1, 0.15) is 0 Å². The number of piperazine rings is 1. The van der Waals surface area contributed by atoms with Crippen LogP contribution in [0.15, 0.2) is 29.2 Å². The Hall–Kier alpha value is -1.97. The first kappa shape index (κ1) is 18.8. The van der Waals surface area contributed by atoms with Gasteiger partial charge in [-0.2, -0.15) is 0 Å². The minimum Gasteiger partial charge on any atom is -0.337 e. The lowest BCUT2D eigenvalue weighted by atomic mass is 10.0. The SMILES string of the molecule is CNS(=O)(=O)c1ccc(C(=O)N2CCCC(N3CCNCC3=O)C2)cc1. The minimum atomic E-state index is -3.52. The molecule has 2 aliphatic heterocycles. The fourth-order valence-corrected chi connectivity index (χ4v) is 4.21. The normalized spacial score (nSPS) is 21.7. The van der Waals surface area contributed by atoms with E-state index >= 15 is 0 Å². The van der Waals surface area contributed by atoms with E-state index in [0.29, 0.717) is 31.7 Å². The van der Waals surface area contributed by atoms with Crippen molar-refractivity contribution in [1.82, 2.24) is 19.8 Å². The lowest BCUT2D eigenvalue weighted by Crippen LogP contribution is -2.57. The Labute approximate surface area is 153 Å². The van der Waals surface area contributed by atoms with Gasteiger partial charge >= 0.3 is 0 Å². The average Bonchev–Trinajstić information content (AvgIpc) is 2.68. The molecule has 2 N–H and O–H groups in total. The van der Waals surface area contributed by atoms with Gasteiger partial charge in [0.2, 0.25) is 15.9 Å². The quantitative estimate of drug-likeness (QED) is 0.743. The van der Waals surface area contributed by atoms with Crippen LogP contribution in [-0.2, 0) is 14.8 Å². The molecule has 0 bridgehead atoms. The first-order valence-electron chi connectivity index (χ1n) is 8.75. The van der Waals surface area contributed by atoms with E-state index in [1.54, 1.807) is 4.90 Å². The molecule has 0 saturated carbocycles. The molecule has 0 aromatic heterocycles. The van der Waals surface area contributed by atoms with Crippen LogP contribution in [0.3, 0.4) is 0 Å². The minimum absolute atomic E-state index is 0.0474. The summed E-state index contributed by atoms with van der Waals surface area (Å²) < 4.78 is 25.8. The molecule has 0 aliphatic carbocycles. The summed E-state index contributed by atoms with van der Waals surface area (Å²) >= 11 is 0. The number of hydrogen-bond donors (Lipinski definition) is 2. The number of piperidine rings is 1. The molecule has 1 atom stereocenters. The van der Waals surface area contributed by atoms with Gasteiger partial charge in [-0.3, -0.25) is 9.59 Å². The zero-order chi connectivity index (χ0) is 18.7. The fourth-order valence-electron chi connectivity index (χ4n) is 3.48. The number of carbonyl (C=O) groups is 2. The molecule has 26 heavy (non-hydrogen) atoms. The van der Waals surface area contributed by atoms with Gasteiger partial charge in [0.15, 0.2) is 0 Å². The summed E-state index contributed by atoms with van der Waals surface area (Å²) in [6.45, 7) is 2.96. The van der Waals surface area contributed by atoms with Crippen LogP contribution >= 0.6 is 0 Å². The standard InChI is InChI=1S/C17H24N4O4S/c1-18-26(24,25)15-6-4-13(5-7-15)17(23)20-9-2-3-14(12-20)21-10-8-19-11-16(21)22/h4-7,14,18-19H,2-3,8-12H2,1H3. The van der Waals surface area contributed by atoms with Crippen LogP contribution in [0.5, 0.6) is 0 Å². The van der Waals surface area contributed by atoms with Gasteiger partial charge in [-0.25, -0.2) is 13.1 Å². The van der Waals surface area contributed by atoms with E-state index in [-0.39, 0.29) is 22.8 Å². The van der Waals surface area contributed by atoms with Crippen LogP contribution in [0.25, 0.3) is 0 Å². The highest BCUT2D eigenvalue weighted by Crippen LogP contribution is 2.20. The van der Waals surface area contributed by atoms with Crippen molar-refractivity contribution < 1.29 is 18.0 Å². The van der Waals surface area contributed by atoms with Crippen LogP contribution in [0.1, 0.15) is 23.2 Å². The van der Waals surface area contributed by atoms with Crippen LogP contribution in [0, 0.1) is 0 Å². The summed E-state index contributed by atoms with van der Waals surface area (Å²) in [4.78, 5) is 28.6. The number of amides is 2.